The number of carbonyl (C=O) groups excluding carboxylic acids is 1. The number of nitrogens with zero attached hydrogens (tertiary/aromatic N) is 3. The lowest BCUT2D eigenvalue weighted by molar-refractivity contribution is 0.0633. The van der Waals surface area contributed by atoms with Crippen molar-refractivity contribution in [2.45, 2.75) is 46.7 Å². The lowest BCUT2D eigenvalue weighted by Crippen LogP contribution is -2.49. The van der Waals surface area contributed by atoms with E-state index < -0.39 is 0 Å². The largest absolute Gasteiger partial charge is 0.465 e. The Morgan fingerprint density at radius 2 is 1.72 bits per heavy atom. The van der Waals surface area contributed by atoms with Crippen LogP contribution in [0.1, 0.15) is 51.9 Å². The van der Waals surface area contributed by atoms with Gasteiger partial charge in [0.2, 0.25) is 0 Å². The summed E-state index contributed by atoms with van der Waals surface area (Å²) in [6.07, 6.45) is 2.04. The summed E-state index contributed by atoms with van der Waals surface area (Å²) in [5.74, 6) is 1.95. The molecule has 1 saturated heterocycles. The van der Waals surface area contributed by atoms with E-state index in [0.29, 0.717) is 0 Å². The van der Waals surface area contributed by atoms with E-state index in [9.17, 15) is 4.79 Å². The molecule has 0 N–H and O–H groups in total. The quantitative estimate of drug-likeness (QED) is 0.775. The SMILES string of the molecule is CCCN1CCN(C(=O)c2c(C)oc3c2CN(Cc2ccc(C)cc2)CC3)CC1. The van der Waals surface area contributed by atoms with E-state index in [1.54, 1.807) is 0 Å². The van der Waals surface area contributed by atoms with Crippen LogP contribution in [0.5, 0.6) is 0 Å². The number of aryl methyl sites for hydroxylation is 2. The second-order valence-electron chi connectivity index (χ2n) is 8.52. The molecule has 0 spiro atoms. The van der Waals surface area contributed by atoms with Gasteiger partial charge in [-0.3, -0.25) is 14.6 Å². The van der Waals surface area contributed by atoms with Crippen LogP contribution in [0.25, 0.3) is 0 Å². The molecule has 2 aliphatic heterocycles. The van der Waals surface area contributed by atoms with Gasteiger partial charge in [0.1, 0.15) is 11.5 Å². The summed E-state index contributed by atoms with van der Waals surface area (Å²) in [6, 6.07) is 8.74. The molecule has 156 valence electrons. The maximum atomic E-state index is 13.3. The van der Waals surface area contributed by atoms with Gasteiger partial charge in [0, 0.05) is 57.8 Å². The van der Waals surface area contributed by atoms with Crippen LogP contribution in [0.15, 0.2) is 28.7 Å². The second-order valence-corrected chi connectivity index (χ2v) is 8.52. The first-order valence-electron chi connectivity index (χ1n) is 11.0. The molecular formula is C24H33N3O2. The van der Waals surface area contributed by atoms with Crippen LogP contribution in [0.4, 0.5) is 0 Å². The minimum Gasteiger partial charge on any atom is -0.465 e. The van der Waals surface area contributed by atoms with E-state index in [0.717, 1.165) is 81.4 Å². The summed E-state index contributed by atoms with van der Waals surface area (Å²) in [7, 11) is 0. The van der Waals surface area contributed by atoms with E-state index in [4.69, 9.17) is 4.42 Å². The summed E-state index contributed by atoms with van der Waals surface area (Å²) < 4.78 is 6.04. The average molecular weight is 396 g/mol. The van der Waals surface area contributed by atoms with Gasteiger partial charge in [-0.25, -0.2) is 0 Å². The zero-order valence-corrected chi connectivity index (χ0v) is 18.0. The zero-order chi connectivity index (χ0) is 20.4. The maximum absolute atomic E-state index is 13.3. The van der Waals surface area contributed by atoms with Gasteiger partial charge in [0.05, 0.1) is 5.56 Å². The average Bonchev–Trinajstić information content (AvgIpc) is 3.05. The minimum absolute atomic E-state index is 0.154. The number of amides is 1. The van der Waals surface area contributed by atoms with E-state index in [-0.39, 0.29) is 5.91 Å². The summed E-state index contributed by atoms with van der Waals surface area (Å²) in [4.78, 5) is 20.2. The van der Waals surface area contributed by atoms with Crippen molar-refractivity contribution < 1.29 is 9.21 Å². The van der Waals surface area contributed by atoms with E-state index >= 15 is 0 Å². The second kappa shape index (κ2) is 8.72. The predicted octanol–water partition coefficient (Wildman–Crippen LogP) is 3.62. The first-order valence-corrected chi connectivity index (χ1v) is 11.0. The van der Waals surface area contributed by atoms with Crippen LogP contribution in [0, 0.1) is 13.8 Å². The number of furan rings is 1. The number of rotatable bonds is 5. The zero-order valence-electron chi connectivity index (χ0n) is 18.0. The third-order valence-electron chi connectivity index (χ3n) is 6.24. The molecule has 0 bridgehead atoms. The topological polar surface area (TPSA) is 39.9 Å². The highest BCUT2D eigenvalue weighted by molar-refractivity contribution is 5.97. The standard InChI is InChI=1S/C24H33N3O2/c1-4-10-25-12-14-27(15-13-25)24(28)23-19(3)29-22-9-11-26(17-21(22)23)16-20-7-5-18(2)6-8-20/h5-8H,4,9-17H2,1-3H3. The fourth-order valence-corrected chi connectivity index (χ4v) is 4.60. The molecule has 1 amide bonds. The Labute approximate surface area is 174 Å². The Bertz CT molecular complexity index is 848. The van der Waals surface area contributed by atoms with Crippen LogP contribution in [0.2, 0.25) is 0 Å². The van der Waals surface area contributed by atoms with E-state index in [2.05, 4.69) is 47.9 Å². The van der Waals surface area contributed by atoms with Crippen molar-refractivity contribution in [2.75, 3.05) is 39.3 Å². The molecule has 5 heteroatoms. The van der Waals surface area contributed by atoms with E-state index in [1.807, 2.05) is 11.8 Å². The van der Waals surface area contributed by atoms with Crippen LogP contribution in [-0.4, -0.2) is 59.9 Å². The molecule has 0 radical (unpaired) electrons. The Morgan fingerprint density at radius 1 is 1.00 bits per heavy atom. The van der Waals surface area contributed by atoms with Gasteiger partial charge in [-0.1, -0.05) is 36.8 Å². The number of hydrogen-bond donors (Lipinski definition) is 0. The van der Waals surface area contributed by atoms with Gasteiger partial charge in [0.25, 0.3) is 5.91 Å². The Kier molecular flexibility index (Phi) is 6.07. The number of fused-ring (bicyclic) bond motifs is 1. The molecule has 2 aliphatic rings. The molecule has 29 heavy (non-hydrogen) atoms. The predicted molar refractivity (Wildman–Crippen MR) is 115 cm³/mol. The van der Waals surface area contributed by atoms with Crippen molar-refractivity contribution in [3.05, 3.63) is 58.0 Å². The maximum Gasteiger partial charge on any atom is 0.257 e. The molecule has 1 fully saturated rings. The Morgan fingerprint density at radius 3 is 2.41 bits per heavy atom. The van der Waals surface area contributed by atoms with E-state index in [1.165, 1.54) is 17.5 Å². The fourth-order valence-electron chi connectivity index (χ4n) is 4.60. The third-order valence-corrected chi connectivity index (χ3v) is 6.24. The van der Waals surface area contributed by atoms with Crippen molar-refractivity contribution >= 4 is 5.91 Å². The highest BCUT2D eigenvalue weighted by Gasteiger charge is 2.31. The van der Waals surface area contributed by atoms with Crippen LogP contribution >= 0.6 is 0 Å². The highest BCUT2D eigenvalue weighted by atomic mass is 16.3. The van der Waals surface area contributed by atoms with Crippen molar-refractivity contribution in [1.29, 1.82) is 0 Å². The molecule has 5 nitrogen and oxygen atoms in total. The number of piperazine rings is 1. The van der Waals surface area contributed by atoms with Gasteiger partial charge in [-0.05, 0) is 32.4 Å². The molecule has 2 aromatic rings. The van der Waals surface area contributed by atoms with Crippen LogP contribution in [0.3, 0.4) is 0 Å². The molecule has 0 unspecified atom stereocenters. The van der Waals surface area contributed by atoms with Gasteiger partial charge in [0.15, 0.2) is 0 Å². The van der Waals surface area contributed by atoms with Crippen LogP contribution in [-0.2, 0) is 19.5 Å². The van der Waals surface area contributed by atoms with Gasteiger partial charge in [-0.15, -0.1) is 0 Å². The highest BCUT2D eigenvalue weighted by Crippen LogP contribution is 2.30. The van der Waals surface area contributed by atoms with Gasteiger partial charge < -0.3 is 9.32 Å². The number of benzene rings is 1. The normalized spacial score (nSPS) is 18.1. The Balaban J connectivity index is 1.47. The van der Waals surface area contributed by atoms with Gasteiger partial charge in [-0.2, -0.15) is 0 Å². The lowest BCUT2D eigenvalue weighted by atomic mass is 10.0. The fraction of sp³-hybridized carbons (Fsp3) is 0.542. The summed E-state index contributed by atoms with van der Waals surface area (Å²) >= 11 is 0. The molecule has 0 aliphatic carbocycles. The minimum atomic E-state index is 0.154. The lowest BCUT2D eigenvalue weighted by Gasteiger charge is -2.35. The summed E-state index contributed by atoms with van der Waals surface area (Å²) in [6.45, 7) is 13.6. The molecule has 3 heterocycles. The first kappa shape index (κ1) is 20.2. The summed E-state index contributed by atoms with van der Waals surface area (Å²) in [5.41, 5.74) is 4.53. The monoisotopic (exact) mass is 395 g/mol. The van der Waals surface area contributed by atoms with Gasteiger partial charge >= 0.3 is 0 Å². The van der Waals surface area contributed by atoms with Crippen molar-refractivity contribution in [1.82, 2.24) is 14.7 Å². The molecule has 4 rings (SSSR count). The molecule has 0 atom stereocenters. The van der Waals surface area contributed by atoms with Crippen molar-refractivity contribution in [3.8, 4) is 0 Å². The number of hydrogen-bond acceptors (Lipinski definition) is 4. The first-order chi connectivity index (χ1) is 14.0. The Hall–Kier alpha value is -2.11. The van der Waals surface area contributed by atoms with Crippen molar-refractivity contribution in [3.63, 3.8) is 0 Å². The smallest absolute Gasteiger partial charge is 0.257 e. The third kappa shape index (κ3) is 4.41. The summed E-state index contributed by atoms with van der Waals surface area (Å²) in [5, 5.41) is 0. The molecule has 0 saturated carbocycles. The molecular weight excluding hydrogens is 362 g/mol. The molecule has 1 aromatic heterocycles. The van der Waals surface area contributed by atoms with Crippen LogP contribution < -0.4 is 0 Å². The molecule has 1 aromatic carbocycles. The number of carbonyl (C=O) groups is 1. The van der Waals surface area contributed by atoms with Crippen molar-refractivity contribution in [2.24, 2.45) is 0 Å².